The van der Waals surface area contributed by atoms with Crippen molar-refractivity contribution in [2.75, 3.05) is 13.2 Å². The van der Waals surface area contributed by atoms with Gasteiger partial charge in [-0.25, -0.2) is 0 Å². The fraction of sp³-hybridized carbons (Fsp3) is 0.500. The normalized spacial score (nSPS) is 29.5. The smallest absolute Gasteiger partial charge is 0.0986 e. The summed E-state index contributed by atoms with van der Waals surface area (Å²) >= 11 is 0. The van der Waals surface area contributed by atoms with E-state index in [1.807, 2.05) is 30.3 Å². The Bertz CT molecular complexity index is 317. The first-order valence-electron chi connectivity index (χ1n) is 5.48. The molecule has 3 N–H and O–H groups in total. The Labute approximate surface area is 94.9 Å². The van der Waals surface area contributed by atoms with Gasteiger partial charge < -0.3 is 20.3 Å². The van der Waals surface area contributed by atoms with Gasteiger partial charge in [0.05, 0.1) is 31.5 Å². The Balaban J connectivity index is 1.73. The van der Waals surface area contributed by atoms with Crippen LogP contribution in [-0.4, -0.2) is 41.6 Å². The van der Waals surface area contributed by atoms with Gasteiger partial charge in [-0.05, 0) is 5.56 Å². The van der Waals surface area contributed by atoms with E-state index < -0.39 is 12.2 Å². The molecule has 1 aliphatic heterocycles. The van der Waals surface area contributed by atoms with E-state index in [0.717, 1.165) is 5.56 Å². The van der Waals surface area contributed by atoms with Gasteiger partial charge >= 0.3 is 0 Å². The number of rotatable bonds is 4. The third-order valence-corrected chi connectivity index (χ3v) is 2.80. The summed E-state index contributed by atoms with van der Waals surface area (Å²) < 4.78 is 5.49. The maximum atomic E-state index is 9.56. The molecule has 0 spiro atoms. The van der Waals surface area contributed by atoms with E-state index in [9.17, 15) is 10.2 Å². The van der Waals surface area contributed by atoms with Gasteiger partial charge in [0.2, 0.25) is 0 Å². The molecule has 1 aliphatic rings. The molecule has 4 nitrogen and oxygen atoms in total. The van der Waals surface area contributed by atoms with Crippen molar-refractivity contribution in [3.8, 4) is 0 Å². The monoisotopic (exact) mass is 223 g/mol. The fourth-order valence-corrected chi connectivity index (χ4v) is 1.82. The van der Waals surface area contributed by atoms with Crippen LogP contribution in [0.1, 0.15) is 5.56 Å². The highest BCUT2D eigenvalue weighted by Gasteiger charge is 2.32. The molecule has 16 heavy (non-hydrogen) atoms. The van der Waals surface area contributed by atoms with Gasteiger partial charge in [-0.2, -0.15) is 0 Å². The van der Waals surface area contributed by atoms with Gasteiger partial charge in [0, 0.05) is 6.54 Å². The number of β-amino-alcohol motifs (C(OH)–C–C–N with tert-alkyl or cyclic N) is 1. The number of benzene rings is 1. The van der Waals surface area contributed by atoms with Crippen molar-refractivity contribution in [2.24, 2.45) is 0 Å². The lowest BCUT2D eigenvalue weighted by Gasteiger charge is -2.15. The van der Waals surface area contributed by atoms with Crippen LogP contribution < -0.4 is 5.32 Å². The quantitative estimate of drug-likeness (QED) is 0.667. The molecule has 0 aliphatic carbocycles. The Morgan fingerprint density at radius 3 is 2.62 bits per heavy atom. The van der Waals surface area contributed by atoms with Crippen LogP contribution in [0.15, 0.2) is 30.3 Å². The van der Waals surface area contributed by atoms with E-state index in [1.165, 1.54) is 0 Å². The van der Waals surface area contributed by atoms with Crippen molar-refractivity contribution in [1.29, 1.82) is 0 Å². The zero-order chi connectivity index (χ0) is 11.4. The molecule has 1 fully saturated rings. The van der Waals surface area contributed by atoms with E-state index in [-0.39, 0.29) is 6.04 Å². The highest BCUT2D eigenvalue weighted by atomic mass is 16.5. The molecule has 2 rings (SSSR count). The van der Waals surface area contributed by atoms with Crippen LogP contribution in [-0.2, 0) is 11.3 Å². The molecule has 0 saturated carbocycles. The Kier molecular flexibility index (Phi) is 3.90. The molecular formula is C12H17NO3. The average molecular weight is 223 g/mol. The molecule has 1 aromatic rings. The zero-order valence-corrected chi connectivity index (χ0v) is 9.04. The van der Waals surface area contributed by atoms with Gasteiger partial charge in [0.25, 0.3) is 0 Å². The molecule has 3 atom stereocenters. The zero-order valence-electron chi connectivity index (χ0n) is 9.04. The summed E-state index contributed by atoms with van der Waals surface area (Å²) in [5.74, 6) is 0. The first-order valence-corrected chi connectivity index (χ1v) is 5.48. The molecule has 0 aromatic heterocycles. The van der Waals surface area contributed by atoms with Gasteiger partial charge in [0.1, 0.15) is 0 Å². The maximum absolute atomic E-state index is 9.56. The van der Waals surface area contributed by atoms with E-state index in [1.54, 1.807) is 0 Å². The minimum Gasteiger partial charge on any atom is -0.389 e. The van der Waals surface area contributed by atoms with Crippen molar-refractivity contribution in [3.63, 3.8) is 0 Å². The van der Waals surface area contributed by atoms with E-state index in [4.69, 9.17) is 4.74 Å². The van der Waals surface area contributed by atoms with Crippen molar-refractivity contribution in [3.05, 3.63) is 35.9 Å². The topological polar surface area (TPSA) is 61.7 Å². The number of aliphatic hydroxyl groups is 2. The summed E-state index contributed by atoms with van der Waals surface area (Å²) in [4.78, 5) is 0. The van der Waals surface area contributed by atoms with Crippen LogP contribution in [0.2, 0.25) is 0 Å². The van der Waals surface area contributed by atoms with Crippen molar-refractivity contribution in [2.45, 2.75) is 24.9 Å². The summed E-state index contributed by atoms with van der Waals surface area (Å²) in [6.07, 6.45) is -1.40. The third kappa shape index (κ3) is 2.80. The number of nitrogens with one attached hydrogen (secondary N) is 1. The highest BCUT2D eigenvalue weighted by Crippen LogP contribution is 2.09. The molecule has 4 heteroatoms. The molecule has 1 saturated heterocycles. The summed E-state index contributed by atoms with van der Waals surface area (Å²) in [5.41, 5.74) is 1.11. The predicted octanol–water partition coefficient (Wildman–Crippen LogP) is -0.103. The van der Waals surface area contributed by atoms with Crippen LogP contribution in [0.3, 0.4) is 0 Å². The molecule has 1 heterocycles. The minimum absolute atomic E-state index is 0.168. The summed E-state index contributed by atoms with van der Waals surface area (Å²) in [5, 5.41) is 21.9. The molecule has 0 unspecified atom stereocenters. The number of hydrogen-bond acceptors (Lipinski definition) is 4. The van der Waals surface area contributed by atoms with Crippen LogP contribution in [0.25, 0.3) is 0 Å². The van der Waals surface area contributed by atoms with Crippen LogP contribution in [0.5, 0.6) is 0 Å². The van der Waals surface area contributed by atoms with Crippen LogP contribution in [0, 0.1) is 0 Å². The van der Waals surface area contributed by atoms with Gasteiger partial charge in [0.15, 0.2) is 0 Å². The molecule has 88 valence electrons. The highest BCUT2D eigenvalue weighted by molar-refractivity contribution is 5.13. The van der Waals surface area contributed by atoms with Crippen molar-refractivity contribution >= 4 is 0 Å². The molecule has 0 radical (unpaired) electrons. The van der Waals surface area contributed by atoms with Crippen molar-refractivity contribution < 1.29 is 14.9 Å². The SMILES string of the molecule is O[C@H]1[C@@H](O)CN[C@@H]1COCc1ccccc1. The summed E-state index contributed by atoms with van der Waals surface area (Å²) in [6.45, 7) is 1.37. The molecule has 0 amide bonds. The second-order valence-corrected chi connectivity index (χ2v) is 4.07. The summed E-state index contributed by atoms with van der Waals surface area (Å²) in [7, 11) is 0. The summed E-state index contributed by atoms with van der Waals surface area (Å²) in [6, 6.07) is 9.71. The Hall–Kier alpha value is -0.940. The largest absolute Gasteiger partial charge is 0.389 e. The number of aliphatic hydroxyl groups excluding tert-OH is 2. The van der Waals surface area contributed by atoms with Crippen LogP contribution in [0.4, 0.5) is 0 Å². The number of hydrogen-bond donors (Lipinski definition) is 3. The lowest BCUT2D eigenvalue weighted by molar-refractivity contribution is 0.0121. The predicted molar refractivity (Wildman–Crippen MR) is 59.9 cm³/mol. The Morgan fingerprint density at radius 2 is 2.00 bits per heavy atom. The van der Waals surface area contributed by atoms with Gasteiger partial charge in [-0.15, -0.1) is 0 Å². The number of ether oxygens (including phenoxy) is 1. The lowest BCUT2D eigenvalue weighted by Crippen LogP contribution is -2.36. The van der Waals surface area contributed by atoms with Gasteiger partial charge in [-0.1, -0.05) is 30.3 Å². The third-order valence-electron chi connectivity index (χ3n) is 2.80. The van der Waals surface area contributed by atoms with Crippen LogP contribution >= 0.6 is 0 Å². The standard InChI is InChI=1S/C12H17NO3/c14-11-6-13-10(12(11)15)8-16-7-9-4-2-1-3-5-9/h1-5,10-15H,6-8H2/t10-,11+,12-/m1/s1. The van der Waals surface area contributed by atoms with E-state index in [0.29, 0.717) is 19.8 Å². The second-order valence-electron chi connectivity index (χ2n) is 4.07. The first-order chi connectivity index (χ1) is 7.77. The molecule has 1 aromatic carbocycles. The molecular weight excluding hydrogens is 206 g/mol. The van der Waals surface area contributed by atoms with E-state index in [2.05, 4.69) is 5.32 Å². The fourth-order valence-electron chi connectivity index (χ4n) is 1.82. The second kappa shape index (κ2) is 5.41. The van der Waals surface area contributed by atoms with Gasteiger partial charge in [-0.3, -0.25) is 0 Å². The average Bonchev–Trinajstić information content (AvgIpc) is 2.62. The first kappa shape index (κ1) is 11.5. The maximum Gasteiger partial charge on any atom is 0.0986 e. The van der Waals surface area contributed by atoms with Crippen molar-refractivity contribution in [1.82, 2.24) is 5.32 Å². The lowest BCUT2D eigenvalue weighted by atomic mass is 10.1. The Morgan fingerprint density at radius 1 is 1.25 bits per heavy atom. The van der Waals surface area contributed by atoms with E-state index >= 15 is 0 Å². The minimum atomic E-state index is -0.726. The molecule has 0 bridgehead atoms.